The van der Waals surface area contributed by atoms with Crippen LogP contribution in [0.2, 0.25) is 5.02 Å². The van der Waals surface area contributed by atoms with E-state index in [1.165, 1.54) is 5.56 Å². The van der Waals surface area contributed by atoms with Gasteiger partial charge in [-0.2, -0.15) is 0 Å². The van der Waals surface area contributed by atoms with Crippen molar-refractivity contribution in [3.05, 3.63) is 28.8 Å². The molecule has 0 aliphatic rings. The number of methoxy groups -OCH3 is 1. The molecule has 0 aromatic heterocycles. The Bertz CT molecular complexity index is 263. The summed E-state index contributed by atoms with van der Waals surface area (Å²) in [6, 6.07) is 5.70. The summed E-state index contributed by atoms with van der Waals surface area (Å²) in [5.41, 5.74) is 1.18. The first-order valence-corrected chi connectivity index (χ1v) is 5.16. The van der Waals surface area contributed by atoms with Gasteiger partial charge < -0.3 is 4.74 Å². The van der Waals surface area contributed by atoms with Crippen LogP contribution < -0.4 is 4.74 Å². The van der Waals surface area contributed by atoms with Crippen LogP contribution in [0.5, 0.6) is 5.75 Å². The normalized spacial score (nSPS) is 9.92. The lowest BCUT2D eigenvalue weighted by molar-refractivity contribution is 0.410. The van der Waals surface area contributed by atoms with E-state index in [9.17, 15) is 0 Å². The van der Waals surface area contributed by atoms with Crippen molar-refractivity contribution in [3.63, 3.8) is 0 Å². The molecule has 0 unspecified atom stereocenters. The minimum atomic E-state index is 0.713. The Hall–Kier alpha value is -0.210. The molecule has 1 nitrogen and oxygen atoms in total. The Labute approximate surface area is 85.8 Å². The molecule has 0 amide bonds. The number of halogens is 2. The van der Waals surface area contributed by atoms with Gasteiger partial charge in [0.1, 0.15) is 5.75 Å². The number of rotatable bonds is 3. The molecular formula is C9H10BrClO. The number of benzene rings is 1. The van der Waals surface area contributed by atoms with Gasteiger partial charge >= 0.3 is 0 Å². The lowest BCUT2D eigenvalue weighted by Gasteiger charge is -2.06. The SMILES string of the molecule is COc1cc(Cl)ccc1CCBr. The summed E-state index contributed by atoms with van der Waals surface area (Å²) in [5, 5.41) is 1.65. The maximum absolute atomic E-state index is 5.80. The third-order valence-electron chi connectivity index (χ3n) is 1.61. The fourth-order valence-electron chi connectivity index (χ4n) is 1.03. The Balaban J connectivity index is 2.94. The third kappa shape index (κ3) is 2.39. The van der Waals surface area contributed by atoms with E-state index in [4.69, 9.17) is 16.3 Å². The van der Waals surface area contributed by atoms with Crippen molar-refractivity contribution < 1.29 is 4.74 Å². The number of hydrogen-bond donors (Lipinski definition) is 0. The summed E-state index contributed by atoms with van der Waals surface area (Å²) in [4.78, 5) is 0. The van der Waals surface area contributed by atoms with Gasteiger partial charge in [0.2, 0.25) is 0 Å². The first-order chi connectivity index (χ1) is 5.77. The average Bonchev–Trinajstić information content (AvgIpc) is 2.08. The first-order valence-electron chi connectivity index (χ1n) is 3.66. The molecule has 1 rings (SSSR count). The molecule has 12 heavy (non-hydrogen) atoms. The van der Waals surface area contributed by atoms with E-state index in [1.807, 2.05) is 18.2 Å². The van der Waals surface area contributed by atoms with Crippen LogP contribution in [0, 0.1) is 0 Å². The Morgan fingerprint density at radius 3 is 2.83 bits per heavy atom. The van der Waals surface area contributed by atoms with E-state index in [0.717, 1.165) is 17.5 Å². The highest BCUT2D eigenvalue weighted by Gasteiger charge is 2.01. The Kier molecular flexibility index (Phi) is 3.89. The van der Waals surface area contributed by atoms with Gasteiger partial charge in [-0.25, -0.2) is 0 Å². The predicted molar refractivity (Wildman–Crippen MR) is 55.5 cm³/mol. The molecule has 0 saturated carbocycles. The molecule has 1 aromatic rings. The smallest absolute Gasteiger partial charge is 0.123 e. The molecule has 0 spiro atoms. The second-order valence-electron chi connectivity index (χ2n) is 2.40. The minimum absolute atomic E-state index is 0.713. The highest BCUT2D eigenvalue weighted by molar-refractivity contribution is 9.09. The zero-order valence-electron chi connectivity index (χ0n) is 6.81. The third-order valence-corrected chi connectivity index (χ3v) is 2.24. The van der Waals surface area contributed by atoms with Gasteiger partial charge in [-0.15, -0.1) is 0 Å². The molecule has 0 saturated heterocycles. The van der Waals surface area contributed by atoms with Crippen LogP contribution in [0.3, 0.4) is 0 Å². The average molecular weight is 250 g/mol. The number of hydrogen-bond acceptors (Lipinski definition) is 1. The zero-order chi connectivity index (χ0) is 8.97. The summed E-state index contributed by atoms with van der Waals surface area (Å²) >= 11 is 9.18. The van der Waals surface area contributed by atoms with Crippen molar-refractivity contribution in [1.82, 2.24) is 0 Å². The van der Waals surface area contributed by atoms with Crippen LogP contribution in [0.25, 0.3) is 0 Å². The van der Waals surface area contributed by atoms with E-state index < -0.39 is 0 Å². The monoisotopic (exact) mass is 248 g/mol. The molecule has 0 aliphatic heterocycles. The standard InChI is InChI=1S/C9H10BrClO/c1-12-9-6-8(11)3-2-7(9)4-5-10/h2-3,6H,4-5H2,1H3. The van der Waals surface area contributed by atoms with Crippen molar-refractivity contribution in [2.24, 2.45) is 0 Å². The van der Waals surface area contributed by atoms with Gasteiger partial charge in [-0.3, -0.25) is 0 Å². The number of aryl methyl sites for hydroxylation is 1. The second kappa shape index (κ2) is 4.73. The predicted octanol–water partition coefficient (Wildman–Crippen LogP) is 3.29. The van der Waals surface area contributed by atoms with Gasteiger partial charge in [0.05, 0.1) is 7.11 Å². The fraction of sp³-hybridized carbons (Fsp3) is 0.333. The summed E-state index contributed by atoms with van der Waals surface area (Å²) in [7, 11) is 1.66. The van der Waals surface area contributed by atoms with Gasteiger partial charge in [-0.1, -0.05) is 33.6 Å². The maximum Gasteiger partial charge on any atom is 0.123 e. The van der Waals surface area contributed by atoms with Crippen LogP contribution in [-0.2, 0) is 6.42 Å². The van der Waals surface area contributed by atoms with Gasteiger partial charge in [-0.05, 0) is 24.1 Å². The second-order valence-corrected chi connectivity index (χ2v) is 3.62. The van der Waals surface area contributed by atoms with Crippen LogP contribution in [-0.4, -0.2) is 12.4 Å². The molecule has 1 aromatic carbocycles. The molecule has 0 aliphatic carbocycles. The molecule has 0 bridgehead atoms. The zero-order valence-corrected chi connectivity index (χ0v) is 9.15. The van der Waals surface area contributed by atoms with Crippen LogP contribution in [0.1, 0.15) is 5.56 Å². The lowest BCUT2D eigenvalue weighted by atomic mass is 10.1. The molecular weight excluding hydrogens is 239 g/mol. The van der Waals surface area contributed by atoms with Gasteiger partial charge in [0, 0.05) is 10.4 Å². The Morgan fingerprint density at radius 1 is 1.50 bits per heavy atom. The summed E-state index contributed by atoms with van der Waals surface area (Å²) < 4.78 is 5.17. The highest BCUT2D eigenvalue weighted by Crippen LogP contribution is 2.23. The van der Waals surface area contributed by atoms with Crippen LogP contribution in [0.4, 0.5) is 0 Å². The fourth-order valence-corrected chi connectivity index (χ4v) is 1.62. The van der Waals surface area contributed by atoms with Gasteiger partial charge in [0.25, 0.3) is 0 Å². The van der Waals surface area contributed by atoms with E-state index in [2.05, 4.69) is 15.9 Å². The van der Waals surface area contributed by atoms with Crippen molar-refractivity contribution >= 4 is 27.5 Å². The number of alkyl halides is 1. The van der Waals surface area contributed by atoms with Crippen molar-refractivity contribution in [2.45, 2.75) is 6.42 Å². The largest absolute Gasteiger partial charge is 0.496 e. The molecule has 0 radical (unpaired) electrons. The van der Waals surface area contributed by atoms with E-state index in [-0.39, 0.29) is 0 Å². The number of ether oxygens (including phenoxy) is 1. The van der Waals surface area contributed by atoms with Gasteiger partial charge in [0.15, 0.2) is 0 Å². The summed E-state index contributed by atoms with van der Waals surface area (Å²) in [6.45, 7) is 0. The molecule has 3 heteroatoms. The lowest BCUT2D eigenvalue weighted by Crippen LogP contribution is -1.92. The molecule has 0 N–H and O–H groups in total. The minimum Gasteiger partial charge on any atom is -0.496 e. The van der Waals surface area contributed by atoms with E-state index >= 15 is 0 Å². The summed E-state index contributed by atoms with van der Waals surface area (Å²) in [5.74, 6) is 0.863. The van der Waals surface area contributed by atoms with E-state index in [1.54, 1.807) is 7.11 Å². The van der Waals surface area contributed by atoms with Crippen LogP contribution >= 0.6 is 27.5 Å². The Morgan fingerprint density at radius 2 is 2.25 bits per heavy atom. The first kappa shape index (κ1) is 9.87. The molecule has 0 heterocycles. The quantitative estimate of drug-likeness (QED) is 0.747. The van der Waals surface area contributed by atoms with Crippen LogP contribution in [0.15, 0.2) is 18.2 Å². The van der Waals surface area contributed by atoms with Crippen molar-refractivity contribution in [1.29, 1.82) is 0 Å². The molecule has 0 atom stereocenters. The highest BCUT2D eigenvalue weighted by atomic mass is 79.9. The molecule has 0 fully saturated rings. The van der Waals surface area contributed by atoms with E-state index in [0.29, 0.717) is 5.02 Å². The maximum atomic E-state index is 5.80. The van der Waals surface area contributed by atoms with Crippen molar-refractivity contribution in [2.75, 3.05) is 12.4 Å². The molecule has 66 valence electrons. The summed E-state index contributed by atoms with van der Waals surface area (Å²) in [6.07, 6.45) is 0.959. The topological polar surface area (TPSA) is 9.23 Å². The van der Waals surface area contributed by atoms with Crippen molar-refractivity contribution in [3.8, 4) is 5.75 Å².